The summed E-state index contributed by atoms with van der Waals surface area (Å²) in [6.07, 6.45) is 8.90. The third-order valence-electron chi connectivity index (χ3n) is 19.6. The average molecular weight is 1140 g/mol. The van der Waals surface area contributed by atoms with Gasteiger partial charge in [-0.2, -0.15) is 0 Å². The third-order valence-corrected chi connectivity index (χ3v) is 19.6. The molecule has 1 aliphatic carbocycles. The van der Waals surface area contributed by atoms with Crippen LogP contribution in [0.25, 0.3) is 10.9 Å². The number of likely N-dealkylation sites (tertiary alicyclic amines) is 1. The van der Waals surface area contributed by atoms with Crippen molar-refractivity contribution in [2.45, 2.75) is 133 Å². The van der Waals surface area contributed by atoms with Gasteiger partial charge in [-0.05, 0) is 79.8 Å². The van der Waals surface area contributed by atoms with Crippen molar-refractivity contribution in [1.29, 1.82) is 0 Å². The maximum absolute atomic E-state index is 15.9. The molecule has 4 N–H and O–H groups in total. The van der Waals surface area contributed by atoms with Gasteiger partial charge in [0.15, 0.2) is 12.6 Å². The number of fused-ring (bicyclic) bond motifs is 6. The van der Waals surface area contributed by atoms with Crippen LogP contribution in [0, 0.1) is 17.3 Å². The van der Waals surface area contributed by atoms with Gasteiger partial charge in [0.1, 0.15) is 29.8 Å². The Balaban J connectivity index is 0.00000740. The summed E-state index contributed by atoms with van der Waals surface area (Å²) in [5.41, 5.74) is -0.430. The minimum Gasteiger partial charge on any atom is -1.00 e. The van der Waals surface area contributed by atoms with Crippen LogP contribution in [0.5, 0.6) is 5.75 Å². The minimum atomic E-state index is -2.37. The number of nitrogens with zero attached hydrogens (tertiary/aromatic N) is 4. The fraction of sp³-hybridized carbons (Fsp3) is 0.593. The highest BCUT2D eigenvalue weighted by Gasteiger charge is 2.80. The zero-order valence-corrected chi connectivity index (χ0v) is 48.1. The number of benzene rings is 2. The average Bonchev–Trinajstić information content (AvgIpc) is 3.82. The number of H-pyrrole nitrogens is 1. The predicted molar refractivity (Wildman–Crippen MR) is 286 cm³/mol. The number of amides is 2. The number of carbonyl (C=O) groups excluding carboxylic acids is 5. The number of aromatic nitrogens is 1. The number of para-hydroxylation sites is 1. The Bertz CT molecular complexity index is 2980. The second kappa shape index (κ2) is 21.0. The predicted octanol–water partition coefficient (Wildman–Crippen LogP) is 1.92. The second-order valence-corrected chi connectivity index (χ2v) is 23.3. The van der Waals surface area contributed by atoms with E-state index in [4.69, 9.17) is 18.9 Å². The van der Waals surface area contributed by atoms with E-state index in [9.17, 15) is 29.4 Å². The number of esters is 3. The number of aliphatic hydroxyl groups is 1. The Kier molecular flexibility index (Phi) is 15.4. The number of ether oxygens (including phenoxy) is 4. The molecule has 2 saturated heterocycles. The van der Waals surface area contributed by atoms with Crippen LogP contribution in [0.2, 0.25) is 0 Å². The molecular weight excluding hydrogens is 1060 g/mol. The standard InChI is InChI=1S/C59H76N6O12.BrH/c1-10-34(4)47(50(69)70)61-49(68)43-19-15-24-64(43)46(67)33-65-26-20-39-38-17-13-14-18-42(38)60-48(39)58(54(71)75-8,30-37(32-65)27-36(11-2)31-65)41-28-40-44(29-45(41)74-7)62(6)52-57(40)22-25-63-23-16-21-56(12-3,51(57)63)53(77-35(5)66)59(52,73)55(72)76-9;/h13-14,16-18,21,27-29,34,37,43,47,51-53,60,73H,10-12,15,19-20,22-26,30-33H2,1-9H3,(H-,61,68,69,70);1H/t34-,37+,43-,47-,51-,52+,53+,56+,57+,58-,59-,65?;/m0./s1. The first-order valence-corrected chi connectivity index (χ1v) is 27.7. The lowest BCUT2D eigenvalue weighted by Gasteiger charge is -2.63. The molecule has 78 heavy (non-hydrogen) atoms. The Hall–Kier alpha value is -5.76. The lowest BCUT2D eigenvalue weighted by Crippen LogP contribution is -3.00. The summed E-state index contributed by atoms with van der Waals surface area (Å²) in [4.78, 5) is 94.8. The van der Waals surface area contributed by atoms with E-state index in [1.54, 1.807) is 18.9 Å². The Morgan fingerprint density at radius 3 is 2.40 bits per heavy atom. The van der Waals surface area contributed by atoms with Crippen LogP contribution in [0.4, 0.5) is 5.69 Å². The quantitative estimate of drug-likeness (QED) is 0.0786. The second-order valence-electron chi connectivity index (χ2n) is 23.3. The molecule has 422 valence electrons. The van der Waals surface area contributed by atoms with Crippen LogP contribution in [0.1, 0.15) is 102 Å². The molecule has 12 atom stereocenters. The molecule has 3 fully saturated rings. The Labute approximate surface area is 467 Å². The zero-order valence-electron chi connectivity index (χ0n) is 46.5. The molecule has 2 bridgehead atoms. The van der Waals surface area contributed by atoms with Gasteiger partial charge >= 0.3 is 23.9 Å². The maximum atomic E-state index is 15.9. The molecule has 3 aromatic rings. The number of hydrogen-bond donors (Lipinski definition) is 4. The number of halogens is 1. The van der Waals surface area contributed by atoms with E-state index in [0.717, 1.165) is 27.6 Å². The number of anilines is 1. The van der Waals surface area contributed by atoms with Crippen molar-refractivity contribution in [3.8, 4) is 5.75 Å². The molecule has 10 rings (SSSR count). The van der Waals surface area contributed by atoms with Gasteiger partial charge in [0.25, 0.3) is 5.91 Å². The van der Waals surface area contributed by atoms with Gasteiger partial charge < -0.3 is 70.7 Å². The van der Waals surface area contributed by atoms with Gasteiger partial charge in [-0.25, -0.2) is 9.59 Å². The number of methoxy groups -OCH3 is 3. The minimum absolute atomic E-state index is 0. The molecule has 1 aromatic heterocycles. The van der Waals surface area contributed by atoms with Crippen LogP contribution in [-0.4, -0.2) is 175 Å². The van der Waals surface area contributed by atoms with Crippen molar-refractivity contribution >= 4 is 52.3 Å². The summed E-state index contributed by atoms with van der Waals surface area (Å²) in [7, 11) is 6.06. The van der Waals surface area contributed by atoms with Crippen LogP contribution in [0.3, 0.4) is 0 Å². The molecule has 7 heterocycles. The third kappa shape index (κ3) is 8.32. The van der Waals surface area contributed by atoms with Crippen molar-refractivity contribution in [3.05, 3.63) is 82.6 Å². The highest BCUT2D eigenvalue weighted by Crippen LogP contribution is 2.68. The summed E-state index contributed by atoms with van der Waals surface area (Å²) in [6, 6.07) is 8.72. The molecule has 6 aliphatic heterocycles. The van der Waals surface area contributed by atoms with Crippen molar-refractivity contribution in [2.75, 3.05) is 79.1 Å². The van der Waals surface area contributed by atoms with Gasteiger partial charge in [-0.15, -0.1) is 0 Å². The van der Waals surface area contributed by atoms with Gasteiger partial charge in [-0.1, -0.05) is 70.5 Å². The number of carboxylic acid groups (broad SMARTS) is 1. The van der Waals surface area contributed by atoms with Crippen molar-refractivity contribution in [2.24, 2.45) is 17.3 Å². The number of hydrogen-bond acceptors (Lipinski definition) is 13. The summed E-state index contributed by atoms with van der Waals surface area (Å²) in [5, 5.41) is 27.3. The topological polar surface area (TPSA) is 217 Å². The van der Waals surface area contributed by atoms with Crippen LogP contribution < -0.4 is 31.9 Å². The largest absolute Gasteiger partial charge is 1.00 e. The maximum Gasteiger partial charge on any atom is 0.344 e. The molecular formula is C59H77BrN6O12. The smallest absolute Gasteiger partial charge is 0.344 e. The highest BCUT2D eigenvalue weighted by atomic mass is 79.9. The Morgan fingerprint density at radius 1 is 0.987 bits per heavy atom. The van der Waals surface area contributed by atoms with Gasteiger partial charge in [-0.3, -0.25) is 24.1 Å². The molecule has 7 aliphatic rings. The number of carboxylic acids is 1. The fourth-order valence-corrected chi connectivity index (χ4v) is 16.3. The molecule has 18 nitrogen and oxygen atoms in total. The SMILES string of the molecule is CCC1=C[C@@H]2C[C@](C(=O)OC)(c3cc4c(cc3OC)N(C)[C@H]3[C@@](O)(C(=O)OC)[C@H](OC(C)=O)[C@]5(CC)C=CCN6CC[C@]43[C@@H]65)c3[nH]c4ccccc4c3CC[N+](CC(=O)N3CCC[C@H]3C(=O)N[C@H](C(=O)O)[C@@H](C)CC)(C1)C2.[Br-]. The van der Waals surface area contributed by atoms with Crippen molar-refractivity contribution in [1.82, 2.24) is 20.1 Å². The molecule has 19 heteroatoms. The van der Waals surface area contributed by atoms with Crippen LogP contribution in [0.15, 0.2) is 60.2 Å². The van der Waals surface area contributed by atoms with Gasteiger partial charge in [0.05, 0.1) is 40.5 Å². The Morgan fingerprint density at radius 2 is 1.73 bits per heavy atom. The molecule has 1 saturated carbocycles. The first-order chi connectivity index (χ1) is 36.8. The van der Waals surface area contributed by atoms with E-state index in [2.05, 4.69) is 40.3 Å². The normalized spacial score (nSPS) is 32.3. The zero-order chi connectivity index (χ0) is 55.1. The van der Waals surface area contributed by atoms with Crippen LogP contribution >= 0.6 is 0 Å². The van der Waals surface area contributed by atoms with Gasteiger partial charge in [0.2, 0.25) is 11.5 Å². The van der Waals surface area contributed by atoms with E-state index < -0.39 is 75.9 Å². The first-order valence-electron chi connectivity index (χ1n) is 27.7. The van der Waals surface area contributed by atoms with Crippen LogP contribution in [-0.2, 0) is 60.2 Å². The van der Waals surface area contributed by atoms with Crippen molar-refractivity contribution in [3.63, 3.8) is 0 Å². The number of carbonyl (C=O) groups is 6. The number of nitrogens with one attached hydrogen (secondary N) is 2. The summed E-state index contributed by atoms with van der Waals surface area (Å²) >= 11 is 0. The van der Waals surface area contributed by atoms with Gasteiger partial charge in [0, 0.05) is 90.2 Å². The summed E-state index contributed by atoms with van der Waals surface area (Å²) in [5.74, 6) is -4.02. The fourth-order valence-electron chi connectivity index (χ4n) is 16.3. The number of quaternary nitrogens is 1. The molecule has 2 amide bonds. The number of aromatic amines is 1. The lowest BCUT2D eigenvalue weighted by atomic mass is 9.47. The van der Waals surface area contributed by atoms with E-state index in [-0.39, 0.29) is 53.7 Å². The first kappa shape index (κ1) is 56.9. The van der Waals surface area contributed by atoms with Crippen molar-refractivity contribution < 1.29 is 79.4 Å². The molecule has 1 unspecified atom stereocenters. The highest BCUT2D eigenvalue weighted by molar-refractivity contribution is 5.95. The number of likely N-dealkylation sites (N-methyl/N-ethyl adjacent to an activating group) is 1. The number of rotatable bonds is 14. The van der Waals surface area contributed by atoms with E-state index in [0.29, 0.717) is 111 Å². The van der Waals surface area contributed by atoms with E-state index in [1.165, 1.54) is 21.1 Å². The molecule has 1 spiro atoms. The molecule has 2 aromatic carbocycles. The number of aliphatic carboxylic acids is 1. The molecule has 0 radical (unpaired) electrons. The lowest BCUT2D eigenvalue weighted by molar-refractivity contribution is -0.921. The summed E-state index contributed by atoms with van der Waals surface area (Å²) in [6.45, 7) is 12.4. The van der Waals surface area contributed by atoms with E-state index in [1.807, 2.05) is 62.2 Å². The summed E-state index contributed by atoms with van der Waals surface area (Å²) < 4.78 is 24.7. The monoisotopic (exact) mass is 1140 g/mol. The van der Waals surface area contributed by atoms with E-state index >= 15 is 9.59 Å².